The van der Waals surface area contributed by atoms with E-state index in [0.29, 0.717) is 17.3 Å². The molecule has 2 rings (SSSR count). The van der Waals surface area contributed by atoms with E-state index in [0.717, 1.165) is 17.3 Å². The molecule has 1 heterocycles. The first-order chi connectivity index (χ1) is 11.0. The Kier molecular flexibility index (Phi) is 5.59. The van der Waals surface area contributed by atoms with Crippen LogP contribution in [-0.2, 0) is 4.79 Å². The molecule has 0 aliphatic rings. The second-order valence-electron chi connectivity index (χ2n) is 4.46. The third-order valence-electron chi connectivity index (χ3n) is 3.01. The molecule has 0 amide bonds. The molecule has 7 heteroatoms. The lowest BCUT2D eigenvalue weighted by Gasteiger charge is -2.09. The van der Waals surface area contributed by atoms with Crippen molar-refractivity contribution in [2.24, 2.45) is 0 Å². The number of rotatable bonds is 6. The van der Waals surface area contributed by atoms with Gasteiger partial charge in [0.05, 0.1) is 20.3 Å². The fourth-order valence-electron chi connectivity index (χ4n) is 1.83. The molecule has 0 fully saturated rings. The summed E-state index contributed by atoms with van der Waals surface area (Å²) in [5.74, 6) is -0.426. The van der Waals surface area contributed by atoms with Gasteiger partial charge in [0, 0.05) is 0 Å². The molecule has 0 saturated heterocycles. The van der Waals surface area contributed by atoms with Crippen LogP contribution in [0.1, 0.15) is 12.5 Å². The van der Waals surface area contributed by atoms with Crippen molar-refractivity contribution in [2.75, 3.05) is 14.2 Å². The van der Waals surface area contributed by atoms with Crippen molar-refractivity contribution >= 4 is 23.3 Å². The maximum atomic E-state index is 11.6. The van der Waals surface area contributed by atoms with Crippen molar-refractivity contribution in [3.8, 4) is 11.8 Å². The number of hydrogen-bond donors (Lipinski definition) is 1. The molecule has 2 aromatic rings. The number of benzene rings is 1. The van der Waals surface area contributed by atoms with E-state index in [-0.39, 0.29) is 10.1 Å². The number of carboxylic acids is 1. The molecular formula is C16H16N2O4S. The predicted octanol–water partition coefficient (Wildman–Crippen LogP) is 3.10. The van der Waals surface area contributed by atoms with Crippen LogP contribution in [0.3, 0.4) is 0 Å². The Morgan fingerprint density at radius 3 is 2.13 bits per heavy atom. The van der Waals surface area contributed by atoms with E-state index in [1.807, 2.05) is 30.3 Å². The highest BCUT2D eigenvalue weighted by molar-refractivity contribution is 8.04. The fraction of sp³-hybridized carbons (Fsp3) is 0.188. The number of aliphatic carboxylic acids is 1. The van der Waals surface area contributed by atoms with E-state index >= 15 is 0 Å². The number of thioether (sulfide) groups is 1. The summed E-state index contributed by atoms with van der Waals surface area (Å²) in [5.41, 5.74) is 1.46. The zero-order chi connectivity index (χ0) is 16.8. The fourth-order valence-corrected chi connectivity index (χ4v) is 2.64. The van der Waals surface area contributed by atoms with Crippen molar-refractivity contribution in [3.63, 3.8) is 0 Å². The first-order valence-corrected chi connectivity index (χ1v) is 7.51. The van der Waals surface area contributed by atoms with Crippen molar-refractivity contribution in [1.29, 1.82) is 0 Å². The molecule has 0 spiro atoms. The number of methoxy groups -OCH3 is 2. The summed E-state index contributed by atoms with van der Waals surface area (Å²) in [6, 6.07) is 10.8. The molecule has 0 aliphatic carbocycles. The van der Waals surface area contributed by atoms with Gasteiger partial charge in [0.1, 0.15) is 4.91 Å². The number of nitrogens with zero attached hydrogens (tertiary/aromatic N) is 2. The van der Waals surface area contributed by atoms with E-state index in [2.05, 4.69) is 9.97 Å². The topological polar surface area (TPSA) is 81.5 Å². The molecule has 0 unspecified atom stereocenters. The van der Waals surface area contributed by atoms with Gasteiger partial charge in [-0.1, -0.05) is 30.3 Å². The van der Waals surface area contributed by atoms with Gasteiger partial charge in [-0.05, 0) is 29.8 Å². The molecule has 23 heavy (non-hydrogen) atoms. The highest BCUT2D eigenvalue weighted by Gasteiger charge is 2.17. The van der Waals surface area contributed by atoms with Gasteiger partial charge in [-0.15, -0.1) is 0 Å². The van der Waals surface area contributed by atoms with Crippen LogP contribution in [0.15, 0.2) is 46.5 Å². The zero-order valence-corrected chi connectivity index (χ0v) is 13.8. The monoisotopic (exact) mass is 332 g/mol. The molecule has 0 atom stereocenters. The Balaban J connectivity index is 2.43. The standard InChI is InChI=1S/C16H16N2O4S/c1-10(11-7-5-4-6-8-11)14(15(19)20)23-16-17-12(21-2)9-13(18-16)22-3/h4-9H,1-3H3,(H,19,20). The Bertz CT molecular complexity index is 710. The third kappa shape index (κ3) is 4.23. The van der Waals surface area contributed by atoms with E-state index in [1.165, 1.54) is 20.3 Å². The van der Waals surface area contributed by atoms with Crippen LogP contribution in [0, 0.1) is 0 Å². The summed E-state index contributed by atoms with van der Waals surface area (Å²) < 4.78 is 10.2. The molecule has 0 bridgehead atoms. The van der Waals surface area contributed by atoms with Crippen molar-refractivity contribution in [1.82, 2.24) is 9.97 Å². The van der Waals surface area contributed by atoms with Gasteiger partial charge in [-0.3, -0.25) is 0 Å². The second-order valence-corrected chi connectivity index (χ2v) is 5.44. The van der Waals surface area contributed by atoms with Crippen LogP contribution in [0.25, 0.3) is 5.57 Å². The summed E-state index contributed by atoms with van der Waals surface area (Å²) in [5, 5.41) is 9.77. The maximum absolute atomic E-state index is 11.6. The lowest BCUT2D eigenvalue weighted by molar-refractivity contribution is -0.131. The summed E-state index contributed by atoms with van der Waals surface area (Å²) in [7, 11) is 2.94. The minimum absolute atomic E-state index is 0.145. The van der Waals surface area contributed by atoms with Crippen molar-refractivity contribution < 1.29 is 19.4 Å². The minimum Gasteiger partial charge on any atom is -0.481 e. The molecule has 1 N–H and O–H groups in total. The Morgan fingerprint density at radius 2 is 1.65 bits per heavy atom. The number of ether oxygens (including phenoxy) is 2. The summed E-state index contributed by atoms with van der Waals surface area (Å²) in [6.45, 7) is 1.75. The quantitative estimate of drug-likeness (QED) is 0.494. The Morgan fingerprint density at radius 1 is 1.09 bits per heavy atom. The van der Waals surface area contributed by atoms with Crippen LogP contribution in [0.5, 0.6) is 11.8 Å². The SMILES string of the molecule is COc1cc(OC)nc(SC(C(=O)O)=C(C)c2ccccc2)n1. The van der Waals surface area contributed by atoms with Gasteiger partial charge in [-0.2, -0.15) is 9.97 Å². The van der Waals surface area contributed by atoms with Gasteiger partial charge >= 0.3 is 5.97 Å². The molecule has 1 aromatic carbocycles. The second kappa shape index (κ2) is 7.64. The summed E-state index contributed by atoms with van der Waals surface area (Å²) >= 11 is 0.957. The van der Waals surface area contributed by atoms with E-state index < -0.39 is 5.97 Å². The highest BCUT2D eigenvalue weighted by Crippen LogP contribution is 2.32. The normalized spacial score (nSPS) is 11.6. The smallest absolute Gasteiger partial charge is 0.342 e. The highest BCUT2D eigenvalue weighted by atomic mass is 32.2. The van der Waals surface area contributed by atoms with E-state index in [1.54, 1.807) is 6.92 Å². The molecular weight excluding hydrogens is 316 g/mol. The Hall–Kier alpha value is -2.54. The third-order valence-corrected chi connectivity index (χ3v) is 4.06. The number of carbonyl (C=O) groups is 1. The zero-order valence-electron chi connectivity index (χ0n) is 12.9. The number of aromatic nitrogens is 2. The maximum Gasteiger partial charge on any atom is 0.342 e. The van der Waals surface area contributed by atoms with Gasteiger partial charge in [0.2, 0.25) is 11.8 Å². The molecule has 1 aromatic heterocycles. The van der Waals surface area contributed by atoms with Crippen LogP contribution in [0.2, 0.25) is 0 Å². The average Bonchev–Trinajstić information content (AvgIpc) is 2.59. The molecule has 120 valence electrons. The van der Waals surface area contributed by atoms with Gasteiger partial charge in [0.25, 0.3) is 0 Å². The van der Waals surface area contributed by atoms with Crippen LogP contribution in [-0.4, -0.2) is 35.3 Å². The van der Waals surface area contributed by atoms with Crippen LogP contribution < -0.4 is 9.47 Å². The number of allylic oxidation sites excluding steroid dienone is 1. The van der Waals surface area contributed by atoms with Crippen molar-refractivity contribution in [2.45, 2.75) is 12.1 Å². The predicted molar refractivity (Wildman–Crippen MR) is 87.7 cm³/mol. The van der Waals surface area contributed by atoms with Crippen LogP contribution in [0.4, 0.5) is 0 Å². The number of carboxylic acid groups (broad SMARTS) is 1. The van der Waals surface area contributed by atoms with Gasteiger partial charge < -0.3 is 14.6 Å². The van der Waals surface area contributed by atoms with Gasteiger partial charge in [-0.25, -0.2) is 4.79 Å². The molecule has 0 saturated carbocycles. The lowest BCUT2D eigenvalue weighted by Crippen LogP contribution is -2.02. The first kappa shape index (κ1) is 16.8. The van der Waals surface area contributed by atoms with Crippen LogP contribution >= 0.6 is 11.8 Å². The summed E-state index contributed by atoms with van der Waals surface area (Å²) in [4.78, 5) is 20.1. The number of hydrogen-bond acceptors (Lipinski definition) is 6. The largest absolute Gasteiger partial charge is 0.481 e. The lowest BCUT2D eigenvalue weighted by atomic mass is 10.1. The van der Waals surface area contributed by atoms with Gasteiger partial charge in [0.15, 0.2) is 5.16 Å². The minimum atomic E-state index is -1.04. The average molecular weight is 332 g/mol. The van der Waals surface area contributed by atoms with E-state index in [9.17, 15) is 9.90 Å². The summed E-state index contributed by atoms with van der Waals surface area (Å²) in [6.07, 6.45) is 0. The molecule has 6 nitrogen and oxygen atoms in total. The van der Waals surface area contributed by atoms with E-state index in [4.69, 9.17) is 9.47 Å². The molecule has 0 aliphatic heterocycles. The molecule has 0 radical (unpaired) electrons. The first-order valence-electron chi connectivity index (χ1n) is 6.69. The Labute approximate surface area is 138 Å². The van der Waals surface area contributed by atoms with Crippen molar-refractivity contribution in [3.05, 3.63) is 46.9 Å².